The smallest absolute Gasteiger partial charge is 0.410 e. The molecule has 1 fully saturated rings. The summed E-state index contributed by atoms with van der Waals surface area (Å²) < 4.78 is 18.8. The Bertz CT molecular complexity index is 1340. The number of likely N-dealkylation sites (tertiary alicyclic amines) is 1. The van der Waals surface area contributed by atoms with Gasteiger partial charge in [0.1, 0.15) is 25.5 Å². The molecule has 0 saturated carbocycles. The van der Waals surface area contributed by atoms with Gasteiger partial charge in [-0.1, -0.05) is 6.07 Å². The Kier molecular flexibility index (Phi) is 7.56. The highest BCUT2D eigenvalue weighted by molar-refractivity contribution is 5.74. The molecule has 1 saturated heterocycles. The Morgan fingerprint density at radius 1 is 1.05 bits per heavy atom. The van der Waals surface area contributed by atoms with Gasteiger partial charge in [-0.2, -0.15) is 0 Å². The van der Waals surface area contributed by atoms with Crippen molar-refractivity contribution in [1.29, 1.82) is 0 Å². The van der Waals surface area contributed by atoms with Crippen LogP contribution in [0.25, 0.3) is 11.0 Å². The van der Waals surface area contributed by atoms with Gasteiger partial charge >= 0.3 is 6.09 Å². The lowest BCUT2D eigenvalue weighted by Gasteiger charge is -2.44. The number of hydrogen-bond acceptors (Lipinski definition) is 7. The van der Waals surface area contributed by atoms with Crippen LogP contribution in [-0.4, -0.2) is 69.9 Å². The number of carbonyl (C=O) groups is 1. The van der Waals surface area contributed by atoms with E-state index in [1.54, 1.807) is 16.8 Å². The highest BCUT2D eigenvalue weighted by Gasteiger charge is 2.36. The highest BCUT2D eigenvalue weighted by atomic mass is 16.6. The molecular weight excluding hydrogens is 484 g/mol. The molecule has 3 aromatic rings. The van der Waals surface area contributed by atoms with Crippen LogP contribution < -0.4 is 15.0 Å². The molecule has 0 spiro atoms. The number of benzene rings is 1. The number of carbonyl (C=O) groups excluding carboxylic acids is 1. The van der Waals surface area contributed by atoms with Crippen molar-refractivity contribution < 1.29 is 19.0 Å². The van der Waals surface area contributed by atoms with Crippen molar-refractivity contribution in [2.75, 3.05) is 32.8 Å². The standard InChI is InChI=1S/C29H36N4O5/c1-29(2,3)33(28(35)38-20-21-6-8-24-25(19-21)37-18-17-36-24)23-10-13-31(14-11-23)15-16-32-26(34)9-7-22-5-4-12-30-27(22)32/h4-9,12,19,23H,10-11,13-18,20H2,1-3H3. The molecule has 0 aliphatic carbocycles. The van der Waals surface area contributed by atoms with E-state index in [1.807, 2.05) is 62.1 Å². The molecule has 202 valence electrons. The Morgan fingerprint density at radius 2 is 1.82 bits per heavy atom. The van der Waals surface area contributed by atoms with Gasteiger partial charge in [-0.05, 0) is 69.5 Å². The van der Waals surface area contributed by atoms with E-state index in [9.17, 15) is 9.59 Å². The maximum absolute atomic E-state index is 13.3. The van der Waals surface area contributed by atoms with Crippen LogP contribution in [0.4, 0.5) is 4.79 Å². The van der Waals surface area contributed by atoms with Crippen molar-refractivity contribution in [2.45, 2.75) is 58.3 Å². The van der Waals surface area contributed by atoms with E-state index in [2.05, 4.69) is 9.88 Å². The number of hydrogen-bond donors (Lipinski definition) is 0. The summed E-state index contributed by atoms with van der Waals surface area (Å²) in [5.41, 5.74) is 1.17. The zero-order valence-corrected chi connectivity index (χ0v) is 22.4. The first kappa shape index (κ1) is 26.0. The van der Waals surface area contributed by atoms with Crippen molar-refractivity contribution in [2.24, 2.45) is 0 Å². The minimum absolute atomic E-state index is 0.0363. The summed E-state index contributed by atoms with van der Waals surface area (Å²) in [6.07, 6.45) is 3.11. The lowest BCUT2D eigenvalue weighted by molar-refractivity contribution is 0.0196. The normalized spacial score (nSPS) is 16.4. The van der Waals surface area contributed by atoms with E-state index in [-0.39, 0.29) is 29.8 Å². The number of aromatic nitrogens is 2. The SMILES string of the molecule is CC(C)(C)N(C(=O)OCc1ccc2c(c1)OCCO2)C1CCN(CCn2c(=O)ccc3cccnc32)CC1. The molecule has 2 aliphatic rings. The van der Waals surface area contributed by atoms with Gasteiger partial charge in [0.25, 0.3) is 5.56 Å². The van der Waals surface area contributed by atoms with Crippen LogP contribution in [0.3, 0.4) is 0 Å². The molecule has 0 atom stereocenters. The van der Waals surface area contributed by atoms with E-state index in [0.717, 1.165) is 54.8 Å². The average molecular weight is 521 g/mol. The van der Waals surface area contributed by atoms with Crippen molar-refractivity contribution in [1.82, 2.24) is 19.4 Å². The Hall–Kier alpha value is -3.59. The predicted octanol–water partition coefficient (Wildman–Crippen LogP) is 4.07. The molecule has 38 heavy (non-hydrogen) atoms. The lowest BCUT2D eigenvalue weighted by atomic mass is 9.97. The number of ether oxygens (including phenoxy) is 3. The second-order valence-electron chi connectivity index (χ2n) is 10.9. The van der Waals surface area contributed by atoms with Crippen molar-refractivity contribution >= 4 is 17.1 Å². The van der Waals surface area contributed by atoms with E-state index >= 15 is 0 Å². The molecule has 9 heteroatoms. The third-order valence-corrected chi connectivity index (χ3v) is 7.19. The third kappa shape index (κ3) is 5.78. The molecular formula is C29H36N4O5. The first-order valence-electron chi connectivity index (χ1n) is 13.3. The van der Waals surface area contributed by atoms with Crippen molar-refractivity contribution in [3.8, 4) is 11.5 Å². The minimum atomic E-state index is -0.376. The molecule has 5 rings (SSSR count). The fourth-order valence-corrected chi connectivity index (χ4v) is 5.34. The summed E-state index contributed by atoms with van der Waals surface area (Å²) >= 11 is 0. The molecule has 1 aromatic carbocycles. The Balaban J connectivity index is 1.18. The second kappa shape index (κ2) is 11.0. The summed E-state index contributed by atoms with van der Waals surface area (Å²) in [4.78, 5) is 34.5. The fourth-order valence-electron chi connectivity index (χ4n) is 5.34. The second-order valence-corrected chi connectivity index (χ2v) is 10.9. The van der Waals surface area contributed by atoms with Gasteiger partial charge in [0.15, 0.2) is 11.5 Å². The lowest BCUT2D eigenvalue weighted by Crippen LogP contribution is -2.55. The number of amides is 1. The van der Waals surface area contributed by atoms with Crippen molar-refractivity contribution in [3.05, 3.63) is 64.6 Å². The van der Waals surface area contributed by atoms with Crippen LogP contribution in [0, 0.1) is 0 Å². The molecule has 9 nitrogen and oxygen atoms in total. The molecule has 2 aliphatic heterocycles. The maximum atomic E-state index is 13.3. The maximum Gasteiger partial charge on any atom is 0.410 e. The van der Waals surface area contributed by atoms with Crippen LogP contribution in [0.1, 0.15) is 39.2 Å². The number of nitrogens with zero attached hydrogens (tertiary/aromatic N) is 4. The van der Waals surface area contributed by atoms with Gasteiger partial charge in [-0.3, -0.25) is 9.36 Å². The molecule has 0 bridgehead atoms. The molecule has 1 amide bonds. The van der Waals surface area contributed by atoms with Gasteiger partial charge in [-0.25, -0.2) is 9.78 Å². The van der Waals surface area contributed by atoms with E-state index in [1.165, 1.54) is 0 Å². The molecule has 4 heterocycles. The monoisotopic (exact) mass is 520 g/mol. The molecule has 2 aromatic heterocycles. The number of rotatable bonds is 6. The van der Waals surface area contributed by atoms with E-state index in [4.69, 9.17) is 14.2 Å². The third-order valence-electron chi connectivity index (χ3n) is 7.19. The zero-order chi connectivity index (χ0) is 26.7. The summed E-state index contributed by atoms with van der Waals surface area (Å²) in [5, 5.41) is 0.960. The summed E-state index contributed by atoms with van der Waals surface area (Å²) in [6, 6.07) is 13.0. The summed E-state index contributed by atoms with van der Waals surface area (Å²) in [6.45, 7) is 10.4. The first-order chi connectivity index (χ1) is 18.3. The summed E-state index contributed by atoms with van der Waals surface area (Å²) in [5.74, 6) is 1.40. The predicted molar refractivity (Wildman–Crippen MR) is 145 cm³/mol. The number of pyridine rings is 2. The van der Waals surface area contributed by atoms with E-state index < -0.39 is 0 Å². The van der Waals surface area contributed by atoms with Gasteiger partial charge in [-0.15, -0.1) is 0 Å². The quantitative estimate of drug-likeness (QED) is 0.484. The Morgan fingerprint density at radius 3 is 2.58 bits per heavy atom. The molecule has 0 unspecified atom stereocenters. The van der Waals surface area contributed by atoms with Crippen LogP contribution >= 0.6 is 0 Å². The largest absolute Gasteiger partial charge is 0.486 e. The highest BCUT2D eigenvalue weighted by Crippen LogP contribution is 2.31. The van der Waals surface area contributed by atoms with Crippen LogP contribution in [0.15, 0.2) is 53.5 Å². The minimum Gasteiger partial charge on any atom is -0.486 e. The van der Waals surface area contributed by atoms with Crippen LogP contribution in [-0.2, 0) is 17.9 Å². The van der Waals surface area contributed by atoms with Crippen molar-refractivity contribution in [3.63, 3.8) is 0 Å². The molecule has 0 radical (unpaired) electrons. The summed E-state index contributed by atoms with van der Waals surface area (Å²) in [7, 11) is 0. The first-order valence-corrected chi connectivity index (χ1v) is 13.3. The zero-order valence-electron chi connectivity index (χ0n) is 22.4. The van der Waals surface area contributed by atoms with Gasteiger partial charge < -0.3 is 24.0 Å². The number of piperidine rings is 1. The van der Waals surface area contributed by atoms with E-state index in [0.29, 0.717) is 25.5 Å². The molecule has 0 N–H and O–H groups in total. The average Bonchev–Trinajstić information content (AvgIpc) is 2.91. The van der Waals surface area contributed by atoms with Crippen LogP contribution in [0.2, 0.25) is 0 Å². The van der Waals surface area contributed by atoms with Gasteiger partial charge in [0.2, 0.25) is 0 Å². The number of fused-ring (bicyclic) bond motifs is 2. The van der Waals surface area contributed by atoms with Gasteiger partial charge in [0, 0.05) is 55.4 Å². The fraction of sp³-hybridized carbons (Fsp3) is 0.483. The topological polar surface area (TPSA) is 86.1 Å². The van der Waals surface area contributed by atoms with Gasteiger partial charge in [0.05, 0.1) is 0 Å². The van der Waals surface area contributed by atoms with Crippen LogP contribution in [0.5, 0.6) is 11.5 Å². The Labute approximate surface area is 222 Å².